The van der Waals surface area contributed by atoms with Crippen molar-refractivity contribution < 1.29 is 69.1 Å². The van der Waals surface area contributed by atoms with Gasteiger partial charge in [0.25, 0.3) is 0 Å². The number of hydrogen-bond acceptors (Lipinski definition) is 4. The SMILES string of the molecule is CCCCCC/C=C/C(=O)N(C)CCCS(=O)(=O)[O-].[K+]. The van der Waals surface area contributed by atoms with E-state index < -0.39 is 15.9 Å². The van der Waals surface area contributed by atoms with Gasteiger partial charge in [-0.25, -0.2) is 8.42 Å². The predicted octanol–water partition coefficient (Wildman–Crippen LogP) is -1.09. The fourth-order valence-electron chi connectivity index (χ4n) is 1.59. The van der Waals surface area contributed by atoms with Gasteiger partial charge < -0.3 is 9.45 Å². The van der Waals surface area contributed by atoms with Crippen LogP contribution in [0.1, 0.15) is 45.4 Å². The minimum Gasteiger partial charge on any atom is -0.748 e. The smallest absolute Gasteiger partial charge is 0.748 e. The largest absolute Gasteiger partial charge is 1.00 e. The first kappa shape index (κ1) is 23.0. The number of allylic oxidation sites excluding steroid dienone is 1. The van der Waals surface area contributed by atoms with Crippen molar-refractivity contribution in [3.05, 3.63) is 12.2 Å². The van der Waals surface area contributed by atoms with Crippen LogP contribution in [0.15, 0.2) is 12.2 Å². The molecule has 0 aliphatic heterocycles. The van der Waals surface area contributed by atoms with Crippen molar-refractivity contribution in [1.29, 1.82) is 0 Å². The summed E-state index contributed by atoms with van der Waals surface area (Å²) in [6, 6.07) is 0. The van der Waals surface area contributed by atoms with Crippen LogP contribution < -0.4 is 51.4 Å². The van der Waals surface area contributed by atoms with Crippen LogP contribution in [-0.4, -0.2) is 43.1 Å². The molecule has 1 amide bonds. The number of amides is 1. The van der Waals surface area contributed by atoms with Crippen LogP contribution in [-0.2, 0) is 14.9 Å². The molecule has 7 heteroatoms. The third kappa shape index (κ3) is 15.2. The normalized spacial score (nSPS) is 11.3. The maximum Gasteiger partial charge on any atom is 1.00 e. The Morgan fingerprint density at radius 1 is 1.20 bits per heavy atom. The molecule has 0 aromatic rings. The van der Waals surface area contributed by atoms with Gasteiger partial charge in [-0.2, -0.15) is 0 Å². The molecule has 20 heavy (non-hydrogen) atoms. The minimum absolute atomic E-state index is 0. The molecule has 0 bridgehead atoms. The molecule has 0 N–H and O–H groups in total. The summed E-state index contributed by atoms with van der Waals surface area (Å²) in [6.07, 6.45) is 9.07. The van der Waals surface area contributed by atoms with Gasteiger partial charge in [-0.05, 0) is 25.3 Å². The Balaban J connectivity index is 0. The molecule has 0 spiro atoms. The van der Waals surface area contributed by atoms with E-state index >= 15 is 0 Å². The third-order valence-corrected chi connectivity index (χ3v) is 3.54. The van der Waals surface area contributed by atoms with Gasteiger partial charge in [0, 0.05) is 19.3 Å². The van der Waals surface area contributed by atoms with Crippen molar-refractivity contribution in [2.75, 3.05) is 19.3 Å². The van der Waals surface area contributed by atoms with E-state index in [2.05, 4.69) is 6.92 Å². The van der Waals surface area contributed by atoms with E-state index in [-0.39, 0.29) is 70.3 Å². The second kappa shape index (κ2) is 13.4. The van der Waals surface area contributed by atoms with Gasteiger partial charge in [-0.3, -0.25) is 4.79 Å². The first-order valence-corrected chi connectivity index (χ1v) is 8.29. The Morgan fingerprint density at radius 3 is 2.40 bits per heavy atom. The molecule has 5 nitrogen and oxygen atoms in total. The number of nitrogens with zero attached hydrogens (tertiary/aromatic N) is 1. The number of unbranched alkanes of at least 4 members (excludes halogenated alkanes) is 4. The number of hydrogen-bond donors (Lipinski definition) is 0. The predicted molar refractivity (Wildman–Crippen MR) is 74.7 cm³/mol. The second-order valence-corrected chi connectivity index (χ2v) is 6.15. The zero-order valence-corrected chi connectivity index (χ0v) is 16.7. The van der Waals surface area contributed by atoms with Crippen LogP contribution in [0, 0.1) is 0 Å². The van der Waals surface area contributed by atoms with Crippen molar-refractivity contribution in [2.24, 2.45) is 0 Å². The molecule has 0 aliphatic carbocycles. The van der Waals surface area contributed by atoms with Crippen molar-refractivity contribution in [2.45, 2.75) is 45.4 Å². The standard InChI is InChI=1S/C13H25NO4S.K/c1-3-4-5-6-7-8-10-13(15)14(2)11-9-12-19(16,17)18;/h8,10H,3-7,9,11-12H2,1-2H3,(H,16,17,18);/q;+1/p-1/b10-8+;. The molecular formula is C13H24KNO4S. The molecule has 0 rings (SSSR count). The fraction of sp³-hybridized carbons (Fsp3) is 0.769. The molecule has 0 saturated carbocycles. The van der Waals surface area contributed by atoms with E-state index in [4.69, 9.17) is 0 Å². The van der Waals surface area contributed by atoms with E-state index in [0.717, 1.165) is 12.8 Å². The summed E-state index contributed by atoms with van der Waals surface area (Å²) in [5, 5.41) is 0. The molecule has 0 saturated heterocycles. The van der Waals surface area contributed by atoms with Gasteiger partial charge >= 0.3 is 51.4 Å². The Bertz CT molecular complexity index is 382. The van der Waals surface area contributed by atoms with Gasteiger partial charge in [-0.15, -0.1) is 0 Å². The van der Waals surface area contributed by atoms with Gasteiger partial charge in [0.1, 0.15) is 0 Å². The van der Waals surface area contributed by atoms with Crippen molar-refractivity contribution in [3.63, 3.8) is 0 Å². The number of likely N-dealkylation sites (N-methyl/N-ethyl adjacent to an activating group) is 1. The summed E-state index contributed by atoms with van der Waals surface area (Å²) < 4.78 is 31.2. The summed E-state index contributed by atoms with van der Waals surface area (Å²) in [6.45, 7) is 2.43. The zero-order chi connectivity index (χ0) is 14.7. The minimum atomic E-state index is -4.18. The number of rotatable bonds is 10. The van der Waals surface area contributed by atoms with Crippen molar-refractivity contribution in [1.82, 2.24) is 4.90 Å². The summed E-state index contributed by atoms with van der Waals surface area (Å²) in [4.78, 5) is 13.0. The summed E-state index contributed by atoms with van der Waals surface area (Å²) in [5.74, 6) is -0.579. The molecule has 112 valence electrons. The molecule has 0 aromatic heterocycles. The molecule has 0 heterocycles. The molecule has 0 atom stereocenters. The third-order valence-electron chi connectivity index (χ3n) is 2.75. The second-order valence-electron chi connectivity index (χ2n) is 4.63. The van der Waals surface area contributed by atoms with Crippen LogP contribution in [0.5, 0.6) is 0 Å². The van der Waals surface area contributed by atoms with Gasteiger partial charge in [0.05, 0.1) is 10.1 Å². The average Bonchev–Trinajstić information content (AvgIpc) is 2.31. The summed E-state index contributed by atoms with van der Waals surface area (Å²) >= 11 is 0. The van der Waals surface area contributed by atoms with Crippen LogP contribution in [0.2, 0.25) is 0 Å². The Labute approximate surface area is 165 Å². The maximum absolute atomic E-state index is 11.6. The Morgan fingerprint density at radius 2 is 1.85 bits per heavy atom. The first-order chi connectivity index (χ1) is 8.87. The summed E-state index contributed by atoms with van der Waals surface area (Å²) in [5.41, 5.74) is 0. The number of carbonyl (C=O) groups is 1. The van der Waals surface area contributed by atoms with Crippen LogP contribution in [0.3, 0.4) is 0 Å². The molecule has 0 aliphatic rings. The van der Waals surface area contributed by atoms with Crippen LogP contribution in [0.25, 0.3) is 0 Å². The Hall–Kier alpha value is 0.756. The van der Waals surface area contributed by atoms with Crippen LogP contribution in [0.4, 0.5) is 0 Å². The van der Waals surface area contributed by atoms with Gasteiger partial charge in [0.15, 0.2) is 0 Å². The Kier molecular flexibility index (Phi) is 15.5. The van der Waals surface area contributed by atoms with Gasteiger partial charge in [0.2, 0.25) is 5.91 Å². The molecule has 0 aromatic carbocycles. The molecule has 0 radical (unpaired) electrons. The first-order valence-electron chi connectivity index (χ1n) is 6.72. The zero-order valence-electron chi connectivity index (χ0n) is 12.8. The van der Waals surface area contributed by atoms with Crippen molar-refractivity contribution in [3.8, 4) is 0 Å². The quantitative estimate of drug-likeness (QED) is 0.221. The van der Waals surface area contributed by atoms with Crippen LogP contribution >= 0.6 is 0 Å². The van der Waals surface area contributed by atoms with E-state index in [9.17, 15) is 17.8 Å². The van der Waals surface area contributed by atoms with E-state index in [1.807, 2.05) is 6.08 Å². The topological polar surface area (TPSA) is 77.5 Å². The molecule has 0 fully saturated rings. The van der Waals surface area contributed by atoms with E-state index in [1.165, 1.54) is 30.2 Å². The molecule has 0 unspecified atom stereocenters. The van der Waals surface area contributed by atoms with Gasteiger partial charge in [-0.1, -0.05) is 32.3 Å². The monoisotopic (exact) mass is 329 g/mol. The average molecular weight is 330 g/mol. The number of carbonyl (C=O) groups excluding carboxylic acids is 1. The fourth-order valence-corrected chi connectivity index (χ4v) is 2.07. The van der Waals surface area contributed by atoms with E-state index in [1.54, 1.807) is 7.05 Å². The van der Waals surface area contributed by atoms with Crippen molar-refractivity contribution >= 4 is 16.0 Å². The maximum atomic E-state index is 11.6. The van der Waals surface area contributed by atoms with E-state index in [0.29, 0.717) is 0 Å². The molecular weight excluding hydrogens is 305 g/mol. The summed E-state index contributed by atoms with van der Waals surface area (Å²) in [7, 11) is -2.58.